The van der Waals surface area contributed by atoms with Gasteiger partial charge >= 0.3 is 0 Å². The topological polar surface area (TPSA) is 114 Å². The summed E-state index contributed by atoms with van der Waals surface area (Å²) >= 11 is 7.96. The van der Waals surface area contributed by atoms with Crippen LogP contribution in [0.15, 0.2) is 74.7 Å². The molecular weight excluding hydrogens is 556 g/mol. The smallest absolute Gasteiger partial charge is 0.269 e. The molecule has 3 aromatic rings. The molecule has 9 nitrogen and oxygen atoms in total. The van der Waals surface area contributed by atoms with E-state index in [0.717, 1.165) is 43.9 Å². The van der Waals surface area contributed by atoms with Crippen LogP contribution >= 0.6 is 23.4 Å². The molecule has 39 heavy (non-hydrogen) atoms. The Bertz CT molecular complexity index is 1500. The summed E-state index contributed by atoms with van der Waals surface area (Å²) in [4.78, 5) is 16.4. The molecule has 3 aliphatic rings. The number of ether oxygens (including phenoxy) is 1. The Morgan fingerprint density at radius 2 is 1.90 bits per heavy atom. The summed E-state index contributed by atoms with van der Waals surface area (Å²) in [5.41, 5.74) is 7.66. The first-order valence-electron chi connectivity index (χ1n) is 12.8. The van der Waals surface area contributed by atoms with Gasteiger partial charge in [0, 0.05) is 29.4 Å². The number of hydrogen-bond donors (Lipinski definition) is 1. The SMILES string of the molecule is C[C@@H]1OCC2(CCN(c3cnc(Sc4ccc5c(c4Cl)S(=O)(=O)N(Cc4ccccc4)C=N5)cn3)CC2)[C@@H]1N. The predicted octanol–water partition coefficient (Wildman–Crippen LogP) is 4.48. The van der Waals surface area contributed by atoms with Gasteiger partial charge in [0.05, 0.1) is 42.4 Å². The van der Waals surface area contributed by atoms with Gasteiger partial charge < -0.3 is 15.4 Å². The number of nitrogens with two attached hydrogens (primary N) is 1. The average molecular weight is 585 g/mol. The van der Waals surface area contributed by atoms with Crippen LogP contribution in [0.4, 0.5) is 11.5 Å². The number of piperidine rings is 1. The molecule has 0 unspecified atom stereocenters. The van der Waals surface area contributed by atoms with E-state index in [1.54, 1.807) is 24.5 Å². The van der Waals surface area contributed by atoms with Crippen molar-refractivity contribution in [2.75, 3.05) is 24.6 Å². The molecule has 0 radical (unpaired) electrons. The van der Waals surface area contributed by atoms with E-state index in [1.165, 1.54) is 22.4 Å². The second-order valence-electron chi connectivity index (χ2n) is 10.2. The van der Waals surface area contributed by atoms with Crippen LogP contribution < -0.4 is 10.6 Å². The van der Waals surface area contributed by atoms with E-state index in [2.05, 4.69) is 19.9 Å². The van der Waals surface area contributed by atoms with Crippen molar-refractivity contribution in [1.29, 1.82) is 0 Å². The Morgan fingerprint density at radius 1 is 1.13 bits per heavy atom. The third kappa shape index (κ3) is 4.91. The van der Waals surface area contributed by atoms with Crippen molar-refractivity contribution >= 4 is 51.2 Å². The van der Waals surface area contributed by atoms with Gasteiger partial charge in [0.2, 0.25) is 0 Å². The standard InChI is InChI=1S/C27H29ClN6O3S2/c1-18-26(29)27(16-37-18)9-11-33(12-10-27)22-13-31-23(14-30-22)38-21-8-7-20-25(24(21)28)39(35,36)34(17-32-20)15-19-5-3-2-4-6-19/h2-8,13-14,17-18,26H,9-12,15-16,29H2,1H3/t18-,26+/m0/s1. The van der Waals surface area contributed by atoms with Gasteiger partial charge in [-0.3, -0.25) is 4.31 Å². The van der Waals surface area contributed by atoms with Gasteiger partial charge in [0.1, 0.15) is 22.1 Å². The minimum Gasteiger partial charge on any atom is -0.376 e. The first-order valence-corrected chi connectivity index (χ1v) is 15.4. The second kappa shape index (κ2) is 10.4. The molecule has 2 atom stereocenters. The molecule has 0 saturated carbocycles. The molecule has 204 valence electrons. The first-order chi connectivity index (χ1) is 18.8. The fraction of sp³-hybridized carbons (Fsp3) is 0.370. The van der Waals surface area contributed by atoms with E-state index in [9.17, 15) is 8.42 Å². The highest BCUT2D eigenvalue weighted by Gasteiger charge is 2.47. The average Bonchev–Trinajstić information content (AvgIpc) is 3.21. The maximum Gasteiger partial charge on any atom is 0.269 e. The predicted molar refractivity (Wildman–Crippen MR) is 152 cm³/mol. The monoisotopic (exact) mass is 584 g/mol. The molecule has 2 fully saturated rings. The van der Waals surface area contributed by atoms with Crippen LogP contribution in [0.5, 0.6) is 0 Å². The van der Waals surface area contributed by atoms with Gasteiger partial charge in [-0.2, -0.15) is 0 Å². The van der Waals surface area contributed by atoms with Crippen molar-refractivity contribution in [3.05, 3.63) is 65.4 Å². The molecule has 2 aromatic carbocycles. The lowest BCUT2D eigenvalue weighted by Crippen LogP contribution is -2.50. The number of halogens is 1. The van der Waals surface area contributed by atoms with Crippen LogP contribution in [0.1, 0.15) is 25.3 Å². The summed E-state index contributed by atoms with van der Waals surface area (Å²) in [5, 5.41) is 0.746. The highest BCUT2D eigenvalue weighted by Crippen LogP contribution is 2.44. The lowest BCUT2D eigenvalue weighted by molar-refractivity contribution is 0.0974. The van der Waals surface area contributed by atoms with Crippen molar-refractivity contribution in [2.24, 2.45) is 16.1 Å². The van der Waals surface area contributed by atoms with E-state index in [4.69, 9.17) is 22.1 Å². The van der Waals surface area contributed by atoms with Crippen molar-refractivity contribution in [1.82, 2.24) is 14.3 Å². The van der Waals surface area contributed by atoms with Crippen LogP contribution in [-0.4, -0.2) is 60.9 Å². The molecule has 1 aromatic heterocycles. The molecule has 12 heteroatoms. The lowest BCUT2D eigenvalue weighted by Gasteiger charge is -2.41. The number of hydrogen-bond acceptors (Lipinski definition) is 9. The second-order valence-corrected chi connectivity index (χ2v) is 13.5. The molecule has 2 N–H and O–H groups in total. The van der Waals surface area contributed by atoms with Crippen LogP contribution in [0, 0.1) is 5.41 Å². The summed E-state index contributed by atoms with van der Waals surface area (Å²) in [6.45, 7) is 4.63. The van der Waals surface area contributed by atoms with Crippen molar-refractivity contribution < 1.29 is 13.2 Å². The van der Waals surface area contributed by atoms with E-state index < -0.39 is 10.0 Å². The van der Waals surface area contributed by atoms with E-state index in [0.29, 0.717) is 15.6 Å². The van der Waals surface area contributed by atoms with Gasteiger partial charge in [-0.05, 0) is 37.5 Å². The summed E-state index contributed by atoms with van der Waals surface area (Å²) in [6.07, 6.45) is 6.80. The Labute approximate surface area is 237 Å². The van der Waals surface area contributed by atoms with Crippen LogP contribution in [0.2, 0.25) is 5.02 Å². The van der Waals surface area contributed by atoms with E-state index in [1.807, 2.05) is 37.3 Å². The third-order valence-electron chi connectivity index (χ3n) is 7.87. The van der Waals surface area contributed by atoms with Crippen molar-refractivity contribution in [3.63, 3.8) is 0 Å². The number of aromatic nitrogens is 2. The minimum absolute atomic E-state index is 0.00263. The summed E-state index contributed by atoms with van der Waals surface area (Å²) < 4.78 is 34.0. The number of sulfonamides is 1. The highest BCUT2D eigenvalue weighted by atomic mass is 35.5. The fourth-order valence-corrected chi connectivity index (χ4v) is 8.28. The zero-order valence-corrected chi connectivity index (χ0v) is 23.8. The molecule has 4 heterocycles. The zero-order chi connectivity index (χ0) is 27.2. The molecule has 0 amide bonds. The maximum absolute atomic E-state index is 13.5. The number of rotatable bonds is 5. The fourth-order valence-electron chi connectivity index (χ4n) is 5.44. The molecular formula is C27H29ClN6O3S2. The Hall–Kier alpha value is -2.70. The number of fused-ring (bicyclic) bond motifs is 1. The Morgan fingerprint density at radius 3 is 2.56 bits per heavy atom. The van der Waals surface area contributed by atoms with E-state index >= 15 is 0 Å². The van der Waals surface area contributed by atoms with Crippen molar-refractivity contribution in [2.45, 2.75) is 53.3 Å². The van der Waals surface area contributed by atoms with Crippen molar-refractivity contribution in [3.8, 4) is 0 Å². The number of nitrogens with zero attached hydrogens (tertiary/aromatic N) is 5. The summed E-state index contributed by atoms with van der Waals surface area (Å²) in [5.74, 6) is 0.805. The molecule has 3 aliphatic heterocycles. The quantitative estimate of drug-likeness (QED) is 0.467. The van der Waals surface area contributed by atoms with Gasteiger partial charge in [-0.25, -0.2) is 23.4 Å². The largest absolute Gasteiger partial charge is 0.376 e. The van der Waals surface area contributed by atoms with Gasteiger partial charge in [0.15, 0.2) is 0 Å². The first kappa shape index (κ1) is 26.5. The Kier molecular flexibility index (Phi) is 7.05. The zero-order valence-electron chi connectivity index (χ0n) is 21.4. The normalized spacial score (nSPS) is 23.3. The van der Waals surface area contributed by atoms with E-state index in [-0.39, 0.29) is 34.0 Å². The lowest BCUT2D eigenvalue weighted by atomic mass is 9.73. The molecule has 1 spiro atoms. The van der Waals surface area contributed by atoms with Gasteiger partial charge in [0.25, 0.3) is 10.0 Å². The molecule has 0 aliphatic carbocycles. The number of anilines is 1. The van der Waals surface area contributed by atoms with Crippen LogP contribution in [0.3, 0.4) is 0 Å². The summed E-state index contributed by atoms with van der Waals surface area (Å²) in [6, 6.07) is 12.9. The highest BCUT2D eigenvalue weighted by molar-refractivity contribution is 7.99. The third-order valence-corrected chi connectivity index (χ3v) is 11.2. The van der Waals surface area contributed by atoms with Crippen LogP contribution in [0.25, 0.3) is 0 Å². The number of benzene rings is 2. The summed E-state index contributed by atoms with van der Waals surface area (Å²) in [7, 11) is -3.89. The Balaban J connectivity index is 1.16. The minimum atomic E-state index is -3.89. The molecule has 6 rings (SSSR count). The molecule has 0 bridgehead atoms. The number of aliphatic imine (C=N–C) groups is 1. The van der Waals surface area contributed by atoms with Gasteiger partial charge in [-0.15, -0.1) is 0 Å². The molecule has 2 saturated heterocycles. The van der Waals surface area contributed by atoms with Crippen LogP contribution in [-0.2, 0) is 21.3 Å². The maximum atomic E-state index is 13.5. The van der Waals surface area contributed by atoms with Gasteiger partial charge in [-0.1, -0.05) is 53.7 Å².